The van der Waals surface area contributed by atoms with Crippen molar-refractivity contribution in [2.75, 3.05) is 13.2 Å². The number of rotatable bonds is 6. The number of hydrogen-bond acceptors (Lipinski definition) is 4. The Kier molecular flexibility index (Phi) is 5.11. The number of allylic oxidation sites excluding steroid dienone is 1. The monoisotopic (exact) mass is 271 g/mol. The van der Waals surface area contributed by atoms with Gasteiger partial charge in [0.25, 0.3) is 0 Å². The van der Waals surface area contributed by atoms with Gasteiger partial charge < -0.3 is 9.05 Å². The maximum Gasteiger partial charge on any atom is 0.177 e. The van der Waals surface area contributed by atoms with Crippen LogP contribution in [0.5, 0.6) is 0 Å². The Morgan fingerprint density at radius 1 is 1.35 bits per heavy atom. The minimum atomic E-state index is -0.802. The van der Waals surface area contributed by atoms with Gasteiger partial charge in [0, 0.05) is 4.88 Å². The molecule has 0 amide bonds. The van der Waals surface area contributed by atoms with Crippen molar-refractivity contribution in [1.29, 1.82) is 0 Å². The quantitative estimate of drug-likeness (QED) is 0.733. The molecule has 0 fully saturated rings. The van der Waals surface area contributed by atoms with E-state index in [0.29, 0.717) is 13.2 Å². The molecule has 0 radical (unpaired) electrons. The van der Waals surface area contributed by atoms with Crippen LogP contribution in [0.2, 0.25) is 0 Å². The third kappa shape index (κ3) is 3.59. The number of thiazole rings is 1. The van der Waals surface area contributed by atoms with E-state index in [4.69, 9.17) is 9.05 Å². The molecule has 0 bridgehead atoms. The fraction of sp³-hybridized carbons (Fsp3) is 0.583. The van der Waals surface area contributed by atoms with E-state index < -0.39 is 8.38 Å². The molecular weight excluding hydrogens is 253 g/mol. The second-order valence-corrected chi connectivity index (χ2v) is 6.35. The minimum absolute atomic E-state index is 0.705. The Hall–Kier alpha value is -0.280. The molecule has 1 heterocycles. The lowest BCUT2D eigenvalue weighted by Gasteiger charge is -2.13. The van der Waals surface area contributed by atoms with E-state index in [1.165, 1.54) is 4.88 Å². The van der Waals surface area contributed by atoms with E-state index in [0.717, 1.165) is 29.7 Å². The van der Waals surface area contributed by atoms with Crippen molar-refractivity contribution in [3.05, 3.63) is 21.7 Å². The van der Waals surface area contributed by atoms with Gasteiger partial charge in [0.2, 0.25) is 0 Å². The summed E-state index contributed by atoms with van der Waals surface area (Å²) in [6, 6.07) is 0. The van der Waals surface area contributed by atoms with Crippen molar-refractivity contribution in [2.45, 2.75) is 32.9 Å². The van der Waals surface area contributed by atoms with Crippen molar-refractivity contribution in [1.82, 2.24) is 4.98 Å². The lowest BCUT2D eigenvalue weighted by Crippen LogP contribution is -1.94. The average molecular weight is 271 g/mol. The molecule has 0 spiro atoms. The normalized spacial score (nSPS) is 14.3. The number of aromatic nitrogens is 1. The number of hydrogen-bond donors (Lipinski definition) is 0. The van der Waals surface area contributed by atoms with Crippen LogP contribution >= 0.6 is 19.7 Å². The van der Waals surface area contributed by atoms with Crippen LogP contribution < -0.4 is 0 Å². The van der Waals surface area contributed by atoms with Gasteiger partial charge in [-0.05, 0) is 32.8 Å². The van der Waals surface area contributed by atoms with Crippen LogP contribution in [0.3, 0.4) is 0 Å². The minimum Gasteiger partial charge on any atom is -0.334 e. The lowest BCUT2D eigenvalue weighted by atomic mass is 10.1. The predicted octanol–water partition coefficient (Wildman–Crippen LogP) is 3.99. The Labute approximate surface area is 108 Å². The predicted molar refractivity (Wildman–Crippen MR) is 73.3 cm³/mol. The molecular formula is C12H18NO2PS. The number of nitrogens with zero attached hydrogens (tertiary/aromatic N) is 1. The van der Waals surface area contributed by atoms with Crippen LogP contribution in [0.25, 0.3) is 6.08 Å². The van der Waals surface area contributed by atoms with Crippen LogP contribution in [0.4, 0.5) is 0 Å². The molecule has 0 saturated carbocycles. The third-order valence-electron chi connectivity index (χ3n) is 2.40. The fourth-order valence-electron chi connectivity index (χ4n) is 1.73. The van der Waals surface area contributed by atoms with Gasteiger partial charge in [-0.3, -0.25) is 0 Å². The fourth-order valence-corrected chi connectivity index (χ4v) is 4.29. The van der Waals surface area contributed by atoms with Gasteiger partial charge in [-0.2, -0.15) is 0 Å². The Bertz CT molecular complexity index is 386. The maximum atomic E-state index is 5.61. The second-order valence-electron chi connectivity index (χ2n) is 3.68. The zero-order valence-electron chi connectivity index (χ0n) is 10.3. The summed E-state index contributed by atoms with van der Waals surface area (Å²) in [7, 11) is -0.802. The van der Waals surface area contributed by atoms with Gasteiger partial charge in [0.1, 0.15) is 5.01 Å². The highest BCUT2D eigenvalue weighted by atomic mass is 32.1. The topological polar surface area (TPSA) is 31.4 Å². The SMILES string of the molecule is CCOP(Cc1nc2c(s1)CCC=C2)OCC. The van der Waals surface area contributed by atoms with Crippen LogP contribution in [0, 0.1) is 0 Å². The first kappa shape index (κ1) is 13.2. The van der Waals surface area contributed by atoms with Gasteiger partial charge in [-0.15, -0.1) is 11.3 Å². The standard InChI is InChI=1S/C12H18NO2PS/c1-3-14-16(15-4-2)9-12-13-10-7-5-6-8-11(10)17-12/h5,7H,3-4,6,8-9H2,1-2H3. The Morgan fingerprint density at radius 2 is 2.12 bits per heavy atom. The first-order chi connectivity index (χ1) is 8.33. The van der Waals surface area contributed by atoms with Crippen LogP contribution in [-0.2, 0) is 21.6 Å². The summed E-state index contributed by atoms with van der Waals surface area (Å²) < 4.78 is 11.2. The average Bonchev–Trinajstić information content (AvgIpc) is 2.71. The first-order valence-electron chi connectivity index (χ1n) is 6.02. The van der Waals surface area contributed by atoms with Gasteiger partial charge >= 0.3 is 0 Å². The molecule has 0 unspecified atom stereocenters. The summed E-state index contributed by atoms with van der Waals surface area (Å²) in [6.45, 7) is 5.42. The summed E-state index contributed by atoms with van der Waals surface area (Å²) in [6.07, 6.45) is 7.41. The van der Waals surface area contributed by atoms with Crippen molar-refractivity contribution < 1.29 is 9.05 Å². The van der Waals surface area contributed by atoms with Crippen LogP contribution in [-0.4, -0.2) is 18.2 Å². The van der Waals surface area contributed by atoms with Crippen molar-refractivity contribution in [2.24, 2.45) is 0 Å². The molecule has 2 rings (SSSR count). The summed E-state index contributed by atoms with van der Waals surface area (Å²) in [5.74, 6) is 0. The zero-order chi connectivity index (χ0) is 12.1. The molecule has 94 valence electrons. The van der Waals surface area contributed by atoms with Gasteiger partial charge in [-0.1, -0.05) is 6.08 Å². The lowest BCUT2D eigenvalue weighted by molar-refractivity contribution is 0.268. The van der Waals surface area contributed by atoms with E-state index in [1.54, 1.807) is 0 Å². The summed E-state index contributed by atoms with van der Waals surface area (Å²) in [5, 5.41) is 1.15. The Morgan fingerprint density at radius 3 is 2.76 bits per heavy atom. The largest absolute Gasteiger partial charge is 0.334 e. The summed E-state index contributed by atoms with van der Waals surface area (Å²) in [5.41, 5.74) is 1.15. The van der Waals surface area contributed by atoms with E-state index in [9.17, 15) is 0 Å². The Balaban J connectivity index is 2.01. The highest BCUT2D eigenvalue weighted by Crippen LogP contribution is 2.43. The van der Waals surface area contributed by atoms with E-state index in [2.05, 4.69) is 17.1 Å². The number of aryl methyl sites for hydroxylation is 1. The highest BCUT2D eigenvalue weighted by Gasteiger charge is 2.16. The number of fused-ring (bicyclic) bond motifs is 1. The molecule has 1 aromatic heterocycles. The second kappa shape index (κ2) is 6.60. The van der Waals surface area contributed by atoms with E-state index >= 15 is 0 Å². The molecule has 5 heteroatoms. The maximum absolute atomic E-state index is 5.61. The molecule has 0 aromatic carbocycles. The van der Waals surface area contributed by atoms with Gasteiger partial charge in [-0.25, -0.2) is 4.98 Å². The smallest absolute Gasteiger partial charge is 0.177 e. The first-order valence-corrected chi connectivity index (χ1v) is 8.20. The summed E-state index contributed by atoms with van der Waals surface area (Å²) in [4.78, 5) is 6.05. The van der Waals surface area contributed by atoms with E-state index in [1.807, 2.05) is 25.2 Å². The molecule has 0 atom stereocenters. The van der Waals surface area contributed by atoms with Crippen LogP contribution in [0.15, 0.2) is 6.08 Å². The van der Waals surface area contributed by atoms with Crippen LogP contribution in [0.1, 0.15) is 35.8 Å². The molecule has 0 aliphatic heterocycles. The zero-order valence-corrected chi connectivity index (χ0v) is 12.0. The van der Waals surface area contributed by atoms with Gasteiger partial charge in [0.15, 0.2) is 8.38 Å². The molecule has 1 aliphatic carbocycles. The highest BCUT2D eigenvalue weighted by molar-refractivity contribution is 7.46. The van der Waals surface area contributed by atoms with Crippen molar-refractivity contribution in [3.8, 4) is 0 Å². The molecule has 0 saturated heterocycles. The van der Waals surface area contributed by atoms with Gasteiger partial charge in [0.05, 0.1) is 25.1 Å². The van der Waals surface area contributed by atoms with Crippen molar-refractivity contribution in [3.63, 3.8) is 0 Å². The molecule has 17 heavy (non-hydrogen) atoms. The molecule has 1 aromatic rings. The summed E-state index contributed by atoms with van der Waals surface area (Å²) >= 11 is 1.81. The van der Waals surface area contributed by atoms with Crippen molar-refractivity contribution >= 4 is 25.8 Å². The molecule has 3 nitrogen and oxygen atoms in total. The molecule has 0 N–H and O–H groups in total. The van der Waals surface area contributed by atoms with E-state index in [-0.39, 0.29) is 0 Å². The molecule has 1 aliphatic rings. The third-order valence-corrected chi connectivity index (χ3v) is 5.39.